The Morgan fingerprint density at radius 1 is 1.32 bits per heavy atom. The number of hydrogen-bond acceptors (Lipinski definition) is 5. The first-order valence-corrected chi connectivity index (χ1v) is 9.68. The highest BCUT2D eigenvalue weighted by Gasteiger charge is 2.24. The quantitative estimate of drug-likeness (QED) is 0.854. The van der Waals surface area contributed by atoms with Crippen LogP contribution in [0.5, 0.6) is 0 Å². The second-order valence-electron chi connectivity index (χ2n) is 6.05. The zero-order valence-electron chi connectivity index (χ0n) is 12.9. The van der Waals surface area contributed by atoms with Gasteiger partial charge < -0.3 is 4.42 Å². The van der Waals surface area contributed by atoms with E-state index in [1.807, 2.05) is 0 Å². The van der Waals surface area contributed by atoms with Gasteiger partial charge in [-0.25, -0.2) is 17.7 Å². The molecule has 3 rings (SSSR count). The Morgan fingerprint density at radius 3 is 2.73 bits per heavy atom. The van der Waals surface area contributed by atoms with Gasteiger partial charge in [-0.2, -0.15) is 0 Å². The molecule has 1 fully saturated rings. The van der Waals surface area contributed by atoms with Crippen LogP contribution in [0.25, 0.3) is 11.1 Å². The molecule has 0 N–H and O–H groups in total. The predicted molar refractivity (Wildman–Crippen MR) is 87.5 cm³/mol. The highest BCUT2D eigenvalue weighted by atomic mass is 32.2. The Kier molecular flexibility index (Phi) is 4.22. The summed E-state index contributed by atoms with van der Waals surface area (Å²) >= 11 is 1.66. The molecule has 1 aliphatic rings. The van der Waals surface area contributed by atoms with E-state index in [2.05, 4.69) is 11.9 Å². The first kappa shape index (κ1) is 15.8. The van der Waals surface area contributed by atoms with Gasteiger partial charge in [0.2, 0.25) is 10.0 Å². The van der Waals surface area contributed by atoms with Gasteiger partial charge in [0.15, 0.2) is 5.58 Å². The van der Waals surface area contributed by atoms with Crippen molar-refractivity contribution in [1.29, 1.82) is 0 Å². The van der Waals surface area contributed by atoms with Gasteiger partial charge in [0.1, 0.15) is 5.52 Å². The number of thioether (sulfide) groups is 1. The minimum absolute atomic E-state index is 0.240. The van der Waals surface area contributed by atoms with Crippen LogP contribution in [0, 0.1) is 5.92 Å². The number of rotatable bonds is 4. The second-order valence-corrected chi connectivity index (χ2v) is 9.46. The maximum absolute atomic E-state index is 12.2. The summed E-state index contributed by atoms with van der Waals surface area (Å²) in [4.78, 5) is 4.69. The smallest absolute Gasteiger partial charge is 0.257 e. The average molecular weight is 340 g/mol. The van der Waals surface area contributed by atoms with Crippen molar-refractivity contribution in [2.24, 2.45) is 5.92 Å². The van der Waals surface area contributed by atoms with E-state index in [0.717, 1.165) is 5.92 Å². The fourth-order valence-electron chi connectivity index (χ4n) is 2.71. The number of oxazole rings is 1. The maximum atomic E-state index is 12.2. The summed E-state index contributed by atoms with van der Waals surface area (Å²) in [6.07, 6.45) is 3.62. The zero-order chi connectivity index (χ0) is 15.9. The van der Waals surface area contributed by atoms with Crippen molar-refractivity contribution in [3.05, 3.63) is 18.2 Å². The second kappa shape index (κ2) is 5.86. The molecule has 0 unspecified atom stereocenters. The van der Waals surface area contributed by atoms with Gasteiger partial charge >= 0.3 is 0 Å². The molecule has 1 heterocycles. The largest absolute Gasteiger partial charge is 0.431 e. The molecular weight excluding hydrogens is 320 g/mol. The van der Waals surface area contributed by atoms with Crippen molar-refractivity contribution >= 4 is 32.9 Å². The molecule has 7 heteroatoms. The van der Waals surface area contributed by atoms with Crippen LogP contribution in [0.2, 0.25) is 0 Å². The van der Waals surface area contributed by atoms with E-state index >= 15 is 0 Å². The lowest BCUT2D eigenvalue weighted by atomic mass is 10.1. The molecule has 0 amide bonds. The monoisotopic (exact) mass is 340 g/mol. The number of nitrogens with zero attached hydrogens (tertiary/aromatic N) is 2. The Morgan fingerprint density at radius 2 is 2.09 bits per heavy atom. The van der Waals surface area contributed by atoms with Crippen LogP contribution in [0.15, 0.2) is 32.7 Å². The van der Waals surface area contributed by atoms with E-state index in [-0.39, 0.29) is 4.90 Å². The summed E-state index contributed by atoms with van der Waals surface area (Å²) in [6.45, 7) is 2.27. The Labute approximate surface area is 135 Å². The van der Waals surface area contributed by atoms with E-state index in [4.69, 9.17) is 4.42 Å². The van der Waals surface area contributed by atoms with Gasteiger partial charge in [0, 0.05) is 19.3 Å². The van der Waals surface area contributed by atoms with Crippen LogP contribution in [0.4, 0.5) is 0 Å². The summed E-state index contributed by atoms with van der Waals surface area (Å²) in [6, 6.07) is 4.82. The average Bonchev–Trinajstić information content (AvgIpc) is 3.03. The van der Waals surface area contributed by atoms with Crippen molar-refractivity contribution in [2.75, 3.05) is 14.1 Å². The van der Waals surface area contributed by atoms with E-state index in [1.165, 1.54) is 37.7 Å². The molecule has 2 atom stereocenters. The molecular formula is C15H20N2O3S2. The number of fused-ring (bicyclic) bond motifs is 1. The molecule has 0 bridgehead atoms. The van der Waals surface area contributed by atoms with E-state index < -0.39 is 10.0 Å². The predicted octanol–water partition coefficient (Wildman–Crippen LogP) is 3.36. The molecule has 0 aliphatic heterocycles. The molecule has 0 spiro atoms. The van der Waals surface area contributed by atoms with Crippen LogP contribution in [-0.2, 0) is 10.0 Å². The van der Waals surface area contributed by atoms with Crippen LogP contribution < -0.4 is 0 Å². The van der Waals surface area contributed by atoms with Crippen molar-refractivity contribution in [1.82, 2.24) is 9.29 Å². The third-order valence-electron chi connectivity index (χ3n) is 4.03. The summed E-state index contributed by atoms with van der Waals surface area (Å²) in [5, 5.41) is 1.18. The topological polar surface area (TPSA) is 63.4 Å². The van der Waals surface area contributed by atoms with Crippen LogP contribution in [-0.4, -0.2) is 37.1 Å². The molecule has 2 aromatic rings. The van der Waals surface area contributed by atoms with Crippen LogP contribution in [0.3, 0.4) is 0 Å². The third kappa shape index (κ3) is 3.02. The zero-order valence-corrected chi connectivity index (χ0v) is 14.6. The Hall–Kier alpha value is -1.05. The first-order chi connectivity index (χ1) is 10.4. The minimum atomic E-state index is -3.44. The lowest BCUT2D eigenvalue weighted by Gasteiger charge is -2.10. The fourth-order valence-corrected chi connectivity index (χ4v) is 4.89. The van der Waals surface area contributed by atoms with E-state index in [9.17, 15) is 8.42 Å². The third-order valence-corrected chi connectivity index (χ3v) is 6.98. The molecule has 1 aromatic carbocycles. The van der Waals surface area contributed by atoms with Gasteiger partial charge in [-0.15, -0.1) is 0 Å². The van der Waals surface area contributed by atoms with Crippen molar-refractivity contribution in [2.45, 2.75) is 41.6 Å². The summed E-state index contributed by atoms with van der Waals surface area (Å²) in [5.41, 5.74) is 1.22. The van der Waals surface area contributed by atoms with E-state index in [0.29, 0.717) is 21.6 Å². The normalized spacial score (nSPS) is 22.7. The number of hydrogen-bond donors (Lipinski definition) is 0. The standard InChI is InChI=1S/C15H20N2O3S2/c1-10-4-5-11(8-10)21-15-16-13-9-12(6-7-14(13)20-15)22(18,19)17(2)3/h6-7,9-11H,4-5,8H2,1-3H3/t10-,11+/m0/s1. The van der Waals surface area contributed by atoms with Crippen molar-refractivity contribution in [3.63, 3.8) is 0 Å². The lowest BCUT2D eigenvalue weighted by molar-refractivity contribution is 0.487. The number of benzene rings is 1. The van der Waals surface area contributed by atoms with Crippen molar-refractivity contribution < 1.29 is 12.8 Å². The number of aromatic nitrogens is 1. The molecule has 5 nitrogen and oxygen atoms in total. The lowest BCUT2D eigenvalue weighted by Crippen LogP contribution is -2.22. The Bertz CT molecular complexity index is 783. The van der Waals surface area contributed by atoms with Crippen LogP contribution in [0.1, 0.15) is 26.2 Å². The molecule has 1 aromatic heterocycles. The Balaban J connectivity index is 1.87. The molecule has 22 heavy (non-hydrogen) atoms. The highest BCUT2D eigenvalue weighted by molar-refractivity contribution is 7.99. The molecule has 0 radical (unpaired) electrons. The minimum Gasteiger partial charge on any atom is -0.431 e. The molecule has 1 aliphatic carbocycles. The highest BCUT2D eigenvalue weighted by Crippen LogP contribution is 2.38. The fraction of sp³-hybridized carbons (Fsp3) is 0.533. The maximum Gasteiger partial charge on any atom is 0.257 e. The van der Waals surface area contributed by atoms with E-state index in [1.54, 1.807) is 30.0 Å². The first-order valence-electron chi connectivity index (χ1n) is 7.36. The molecule has 0 saturated heterocycles. The van der Waals surface area contributed by atoms with Gasteiger partial charge in [0.25, 0.3) is 5.22 Å². The van der Waals surface area contributed by atoms with Gasteiger partial charge in [-0.05, 0) is 43.4 Å². The SMILES string of the molecule is C[C@H]1CC[C@@H](Sc2nc3cc(S(=O)(=O)N(C)C)ccc3o2)C1. The summed E-state index contributed by atoms with van der Waals surface area (Å²) in [5.74, 6) is 0.763. The van der Waals surface area contributed by atoms with Crippen LogP contribution >= 0.6 is 11.8 Å². The molecule has 1 saturated carbocycles. The van der Waals surface area contributed by atoms with Gasteiger partial charge in [0.05, 0.1) is 4.90 Å². The summed E-state index contributed by atoms with van der Waals surface area (Å²) in [7, 11) is -0.406. The number of sulfonamides is 1. The van der Waals surface area contributed by atoms with Crippen molar-refractivity contribution in [3.8, 4) is 0 Å². The van der Waals surface area contributed by atoms with Gasteiger partial charge in [-0.3, -0.25) is 0 Å². The van der Waals surface area contributed by atoms with Gasteiger partial charge in [-0.1, -0.05) is 18.7 Å². The summed E-state index contributed by atoms with van der Waals surface area (Å²) < 4.78 is 31.3. The molecule has 120 valence electrons.